The zero-order valence-corrected chi connectivity index (χ0v) is 14.6. The second-order valence-electron chi connectivity index (χ2n) is 7.66. The molecule has 0 unspecified atom stereocenters. The number of aromatic nitrogens is 3. The summed E-state index contributed by atoms with van der Waals surface area (Å²) in [5.41, 5.74) is 4.32. The molecule has 0 aliphatic carbocycles. The molecular formula is C19H24N4O2. The molecular weight excluding hydrogens is 316 g/mol. The van der Waals surface area contributed by atoms with E-state index in [9.17, 15) is 4.79 Å². The standard InChI is InChI=1S/C19H24N4O2/c1-12-8-18-20-11-15-16-6-5-13(9-17(15)23(18)21-12)22(16)19(24)10-14-4-2-3-7-25-14/h8,11,13-14,16H,2-7,9-10H2,1H3/t13-,14-,16+/m0/s1. The van der Waals surface area contributed by atoms with Crippen LogP contribution in [0.1, 0.15) is 61.5 Å². The van der Waals surface area contributed by atoms with Gasteiger partial charge in [0.2, 0.25) is 5.91 Å². The van der Waals surface area contributed by atoms with Gasteiger partial charge in [-0.15, -0.1) is 0 Å². The molecule has 2 saturated heterocycles. The molecule has 2 aromatic heterocycles. The lowest BCUT2D eigenvalue weighted by Gasteiger charge is -2.37. The van der Waals surface area contributed by atoms with Gasteiger partial charge in [-0.1, -0.05) is 0 Å². The summed E-state index contributed by atoms with van der Waals surface area (Å²) in [7, 11) is 0. The van der Waals surface area contributed by atoms with Crippen molar-refractivity contribution in [1.82, 2.24) is 19.5 Å². The van der Waals surface area contributed by atoms with Crippen molar-refractivity contribution in [2.24, 2.45) is 0 Å². The molecule has 3 atom stereocenters. The van der Waals surface area contributed by atoms with Gasteiger partial charge in [-0.3, -0.25) is 4.79 Å². The van der Waals surface area contributed by atoms with Crippen LogP contribution in [0.5, 0.6) is 0 Å². The molecule has 5 rings (SSSR count). The maximum absolute atomic E-state index is 13.0. The van der Waals surface area contributed by atoms with Gasteiger partial charge in [-0.05, 0) is 39.0 Å². The molecule has 25 heavy (non-hydrogen) atoms. The first-order valence-electron chi connectivity index (χ1n) is 9.47. The lowest BCUT2D eigenvalue weighted by atomic mass is 9.97. The van der Waals surface area contributed by atoms with E-state index < -0.39 is 0 Å². The number of fused-ring (bicyclic) bond motifs is 6. The second-order valence-corrected chi connectivity index (χ2v) is 7.66. The molecule has 2 bridgehead atoms. The third-order valence-electron chi connectivity index (χ3n) is 5.99. The van der Waals surface area contributed by atoms with Crippen molar-refractivity contribution >= 4 is 11.6 Å². The monoisotopic (exact) mass is 340 g/mol. The number of ether oxygens (including phenoxy) is 1. The third-order valence-corrected chi connectivity index (χ3v) is 5.99. The summed E-state index contributed by atoms with van der Waals surface area (Å²) < 4.78 is 7.77. The van der Waals surface area contributed by atoms with E-state index in [0.717, 1.165) is 50.1 Å². The number of hydrogen-bond donors (Lipinski definition) is 0. The van der Waals surface area contributed by atoms with Crippen molar-refractivity contribution in [3.05, 3.63) is 29.2 Å². The van der Waals surface area contributed by atoms with Crippen LogP contribution in [-0.4, -0.2) is 44.2 Å². The molecule has 0 radical (unpaired) electrons. The molecule has 1 amide bonds. The molecule has 6 nitrogen and oxygen atoms in total. The first kappa shape index (κ1) is 15.3. The van der Waals surface area contributed by atoms with Crippen molar-refractivity contribution < 1.29 is 9.53 Å². The highest BCUT2D eigenvalue weighted by atomic mass is 16.5. The second kappa shape index (κ2) is 5.80. The van der Waals surface area contributed by atoms with E-state index in [1.54, 1.807) is 0 Å². The Bertz CT molecular complexity index is 824. The van der Waals surface area contributed by atoms with Crippen LogP contribution in [0, 0.1) is 6.92 Å². The average molecular weight is 340 g/mol. The van der Waals surface area contributed by atoms with Gasteiger partial charge in [0.15, 0.2) is 5.65 Å². The molecule has 0 spiro atoms. The Hall–Kier alpha value is -1.95. The number of carbonyl (C=O) groups excluding carboxylic acids is 1. The van der Waals surface area contributed by atoms with Crippen LogP contribution < -0.4 is 0 Å². The molecule has 0 aromatic carbocycles. The lowest BCUT2D eigenvalue weighted by Crippen LogP contribution is -2.44. The smallest absolute Gasteiger partial charge is 0.225 e. The molecule has 2 fully saturated rings. The molecule has 0 N–H and O–H groups in total. The van der Waals surface area contributed by atoms with Crippen molar-refractivity contribution in [3.63, 3.8) is 0 Å². The summed E-state index contributed by atoms with van der Waals surface area (Å²) in [6.45, 7) is 2.80. The van der Waals surface area contributed by atoms with E-state index in [-0.39, 0.29) is 18.1 Å². The average Bonchev–Trinajstić information content (AvgIpc) is 3.15. The minimum Gasteiger partial charge on any atom is -0.378 e. The molecule has 3 aliphatic rings. The Balaban J connectivity index is 1.44. The SMILES string of the molecule is Cc1cc2ncc3c(n2n1)C[C@@H]1CC[C@H]3N1C(=O)C[C@@H]1CCCCO1. The molecule has 0 saturated carbocycles. The van der Waals surface area contributed by atoms with E-state index in [0.29, 0.717) is 12.5 Å². The van der Waals surface area contributed by atoms with E-state index in [2.05, 4.69) is 15.0 Å². The Labute approximate surface area is 147 Å². The van der Waals surface area contributed by atoms with Gasteiger partial charge in [-0.2, -0.15) is 5.10 Å². The van der Waals surface area contributed by atoms with Crippen LogP contribution in [0.4, 0.5) is 0 Å². The number of rotatable bonds is 2. The van der Waals surface area contributed by atoms with E-state index in [1.165, 1.54) is 17.7 Å². The molecule has 132 valence electrons. The predicted octanol–water partition coefficient (Wildman–Crippen LogP) is 2.59. The van der Waals surface area contributed by atoms with Crippen molar-refractivity contribution in [2.75, 3.05) is 6.61 Å². The first-order valence-corrected chi connectivity index (χ1v) is 9.47. The minimum atomic E-state index is 0.108. The van der Waals surface area contributed by atoms with Gasteiger partial charge in [0.1, 0.15) is 0 Å². The summed E-state index contributed by atoms with van der Waals surface area (Å²) in [6, 6.07) is 2.47. The number of hydrogen-bond acceptors (Lipinski definition) is 4. The molecule has 5 heterocycles. The molecule has 6 heteroatoms. The Morgan fingerprint density at radius 2 is 2.24 bits per heavy atom. The van der Waals surface area contributed by atoms with E-state index in [4.69, 9.17) is 4.74 Å². The fraction of sp³-hybridized carbons (Fsp3) is 0.632. The fourth-order valence-corrected chi connectivity index (χ4v) is 4.85. The normalized spacial score (nSPS) is 28.4. The summed E-state index contributed by atoms with van der Waals surface area (Å²) in [5.74, 6) is 0.252. The summed E-state index contributed by atoms with van der Waals surface area (Å²) in [6.07, 6.45) is 8.89. The maximum Gasteiger partial charge on any atom is 0.225 e. The Morgan fingerprint density at radius 1 is 1.32 bits per heavy atom. The van der Waals surface area contributed by atoms with Gasteiger partial charge in [-0.25, -0.2) is 9.50 Å². The van der Waals surface area contributed by atoms with Gasteiger partial charge in [0.25, 0.3) is 0 Å². The zero-order valence-electron chi connectivity index (χ0n) is 14.6. The Morgan fingerprint density at radius 3 is 3.08 bits per heavy atom. The highest BCUT2D eigenvalue weighted by molar-refractivity contribution is 5.78. The summed E-state index contributed by atoms with van der Waals surface area (Å²) in [5, 5.41) is 4.62. The summed E-state index contributed by atoms with van der Waals surface area (Å²) >= 11 is 0. The van der Waals surface area contributed by atoms with Crippen LogP contribution in [0.3, 0.4) is 0 Å². The van der Waals surface area contributed by atoms with Crippen molar-refractivity contribution in [2.45, 2.75) is 70.1 Å². The van der Waals surface area contributed by atoms with Crippen molar-refractivity contribution in [3.8, 4) is 0 Å². The van der Waals surface area contributed by atoms with Gasteiger partial charge in [0, 0.05) is 36.9 Å². The van der Waals surface area contributed by atoms with E-state index in [1.807, 2.05) is 23.7 Å². The van der Waals surface area contributed by atoms with Gasteiger partial charge in [0.05, 0.1) is 30.0 Å². The van der Waals surface area contributed by atoms with Crippen LogP contribution in [0.15, 0.2) is 12.3 Å². The Kier molecular flexibility index (Phi) is 3.55. The van der Waals surface area contributed by atoms with E-state index >= 15 is 0 Å². The van der Waals surface area contributed by atoms with Crippen molar-refractivity contribution in [1.29, 1.82) is 0 Å². The largest absolute Gasteiger partial charge is 0.378 e. The number of amides is 1. The predicted molar refractivity (Wildman–Crippen MR) is 92.2 cm³/mol. The minimum absolute atomic E-state index is 0.108. The number of aryl methyl sites for hydroxylation is 1. The van der Waals surface area contributed by atoms with Crippen LogP contribution in [0.2, 0.25) is 0 Å². The topological polar surface area (TPSA) is 59.7 Å². The zero-order chi connectivity index (χ0) is 17.0. The fourth-order valence-electron chi connectivity index (χ4n) is 4.85. The van der Waals surface area contributed by atoms with Crippen LogP contribution in [-0.2, 0) is 16.0 Å². The lowest BCUT2D eigenvalue weighted by molar-refractivity contribution is -0.138. The van der Waals surface area contributed by atoms with Crippen LogP contribution >= 0.6 is 0 Å². The van der Waals surface area contributed by atoms with Gasteiger partial charge < -0.3 is 9.64 Å². The first-order chi connectivity index (χ1) is 12.2. The number of carbonyl (C=O) groups is 1. The quantitative estimate of drug-likeness (QED) is 0.843. The summed E-state index contributed by atoms with van der Waals surface area (Å²) in [4.78, 5) is 19.7. The maximum atomic E-state index is 13.0. The molecule has 2 aromatic rings. The molecule has 3 aliphatic heterocycles. The van der Waals surface area contributed by atoms with Crippen LogP contribution in [0.25, 0.3) is 5.65 Å². The van der Waals surface area contributed by atoms with Gasteiger partial charge >= 0.3 is 0 Å². The number of nitrogens with zero attached hydrogens (tertiary/aromatic N) is 4. The highest BCUT2D eigenvalue weighted by Crippen LogP contribution is 2.44. The highest BCUT2D eigenvalue weighted by Gasteiger charge is 2.44. The third kappa shape index (κ3) is 2.46.